The zero-order chi connectivity index (χ0) is 13.0. The van der Waals surface area contributed by atoms with Crippen molar-refractivity contribution >= 4 is 21.7 Å². The van der Waals surface area contributed by atoms with Crippen LogP contribution in [0.5, 0.6) is 0 Å². The van der Waals surface area contributed by atoms with Crippen molar-refractivity contribution in [2.24, 2.45) is 0 Å². The summed E-state index contributed by atoms with van der Waals surface area (Å²) in [7, 11) is 0. The zero-order valence-corrected chi connectivity index (χ0v) is 12.6. The van der Waals surface area contributed by atoms with Gasteiger partial charge < -0.3 is 10.1 Å². The van der Waals surface area contributed by atoms with Gasteiger partial charge in [-0.25, -0.2) is 9.97 Å². The van der Waals surface area contributed by atoms with Gasteiger partial charge in [-0.3, -0.25) is 0 Å². The van der Waals surface area contributed by atoms with Crippen molar-refractivity contribution in [1.29, 1.82) is 0 Å². The minimum Gasteiger partial charge on any atom is -0.373 e. The summed E-state index contributed by atoms with van der Waals surface area (Å²) in [5.41, 5.74) is 1.14. The molecule has 5 heteroatoms. The third kappa shape index (κ3) is 3.42. The maximum Gasteiger partial charge on any atom is 0.156 e. The molecule has 0 aromatic carbocycles. The molecule has 1 aromatic rings. The van der Waals surface area contributed by atoms with Crippen LogP contribution in [0.1, 0.15) is 50.5 Å². The summed E-state index contributed by atoms with van der Waals surface area (Å²) in [5, 5.41) is 3.28. The van der Waals surface area contributed by atoms with Gasteiger partial charge in [0, 0.05) is 19.1 Å². The number of nitrogens with zero attached hydrogens (tertiary/aromatic N) is 2. The first-order valence-electron chi connectivity index (χ1n) is 6.64. The lowest BCUT2D eigenvalue weighted by atomic mass is 10.2. The van der Waals surface area contributed by atoms with Crippen LogP contribution in [0.3, 0.4) is 0 Å². The average molecular weight is 314 g/mol. The summed E-state index contributed by atoms with van der Waals surface area (Å²) in [4.78, 5) is 9.14. The van der Waals surface area contributed by atoms with Crippen LogP contribution in [0, 0.1) is 0 Å². The standard InChI is InChI=1S/C13H20BrN3O/c1-3-7-18-8-10-16-12(9-5-6-9)11(14)13(17-10)15-4-2/h9H,3-8H2,1-2H3,(H,15,16,17). The Morgan fingerprint density at radius 2 is 2.11 bits per heavy atom. The topological polar surface area (TPSA) is 47.0 Å². The average Bonchev–Trinajstić information content (AvgIpc) is 3.17. The van der Waals surface area contributed by atoms with Crippen molar-refractivity contribution in [3.05, 3.63) is 16.0 Å². The minimum absolute atomic E-state index is 0.499. The molecule has 0 saturated heterocycles. The fourth-order valence-corrected chi connectivity index (χ4v) is 2.44. The number of anilines is 1. The maximum absolute atomic E-state index is 5.53. The molecular weight excluding hydrogens is 294 g/mol. The van der Waals surface area contributed by atoms with Crippen LogP contribution in [0.4, 0.5) is 5.82 Å². The third-order valence-corrected chi connectivity index (χ3v) is 3.59. The summed E-state index contributed by atoms with van der Waals surface area (Å²) >= 11 is 3.61. The highest BCUT2D eigenvalue weighted by Crippen LogP contribution is 2.43. The van der Waals surface area contributed by atoms with E-state index in [4.69, 9.17) is 4.74 Å². The first-order valence-corrected chi connectivity index (χ1v) is 7.43. The molecule has 1 heterocycles. The first kappa shape index (κ1) is 13.7. The molecule has 1 N–H and O–H groups in total. The molecule has 1 aliphatic rings. The quantitative estimate of drug-likeness (QED) is 0.783. The van der Waals surface area contributed by atoms with Gasteiger partial charge in [0.05, 0.1) is 10.2 Å². The predicted octanol–water partition coefficient (Wildman–Crippen LogP) is 3.47. The van der Waals surface area contributed by atoms with Gasteiger partial charge in [0.1, 0.15) is 12.4 Å². The van der Waals surface area contributed by atoms with E-state index in [9.17, 15) is 0 Å². The molecule has 1 saturated carbocycles. The van der Waals surface area contributed by atoms with E-state index in [0.29, 0.717) is 12.5 Å². The second kappa shape index (κ2) is 6.48. The van der Waals surface area contributed by atoms with Crippen molar-refractivity contribution in [1.82, 2.24) is 9.97 Å². The molecule has 18 heavy (non-hydrogen) atoms. The minimum atomic E-state index is 0.499. The SMILES string of the molecule is CCCOCc1nc(NCC)c(Br)c(C2CC2)n1. The highest BCUT2D eigenvalue weighted by Gasteiger charge is 2.29. The number of halogens is 1. The monoisotopic (exact) mass is 313 g/mol. The molecule has 0 amide bonds. The van der Waals surface area contributed by atoms with Crippen molar-refractivity contribution in [2.75, 3.05) is 18.5 Å². The van der Waals surface area contributed by atoms with E-state index < -0.39 is 0 Å². The Hall–Kier alpha value is -0.680. The fourth-order valence-electron chi connectivity index (χ4n) is 1.80. The Morgan fingerprint density at radius 3 is 2.72 bits per heavy atom. The number of nitrogens with one attached hydrogen (secondary N) is 1. The van der Waals surface area contributed by atoms with Crippen molar-refractivity contribution in [3.8, 4) is 0 Å². The first-order chi connectivity index (χ1) is 8.76. The van der Waals surface area contributed by atoms with Crippen LogP contribution in [0.2, 0.25) is 0 Å². The molecule has 1 fully saturated rings. The van der Waals surface area contributed by atoms with E-state index in [0.717, 1.165) is 41.4 Å². The summed E-state index contributed by atoms with van der Waals surface area (Å²) in [6.45, 7) is 6.28. The van der Waals surface area contributed by atoms with Gasteiger partial charge in [-0.05, 0) is 42.1 Å². The van der Waals surface area contributed by atoms with Gasteiger partial charge in [0.25, 0.3) is 0 Å². The zero-order valence-electron chi connectivity index (χ0n) is 11.0. The lowest BCUT2D eigenvalue weighted by Crippen LogP contribution is -2.09. The van der Waals surface area contributed by atoms with Crippen LogP contribution < -0.4 is 5.32 Å². The second-order valence-electron chi connectivity index (χ2n) is 4.54. The Bertz CT molecular complexity index is 407. The molecular formula is C13H20BrN3O. The van der Waals surface area contributed by atoms with E-state index in [1.165, 1.54) is 12.8 Å². The molecule has 0 aliphatic heterocycles. The Labute approximate surface area is 117 Å². The highest BCUT2D eigenvalue weighted by molar-refractivity contribution is 9.10. The van der Waals surface area contributed by atoms with Crippen molar-refractivity contribution in [3.63, 3.8) is 0 Å². The summed E-state index contributed by atoms with van der Waals surface area (Å²) in [6, 6.07) is 0. The Balaban J connectivity index is 2.18. The van der Waals surface area contributed by atoms with E-state index >= 15 is 0 Å². The van der Waals surface area contributed by atoms with Crippen molar-refractivity contribution < 1.29 is 4.74 Å². The van der Waals surface area contributed by atoms with E-state index in [2.05, 4.69) is 45.1 Å². The van der Waals surface area contributed by atoms with Crippen LogP contribution in [0.15, 0.2) is 4.47 Å². The Morgan fingerprint density at radius 1 is 1.33 bits per heavy atom. The lowest BCUT2D eigenvalue weighted by molar-refractivity contribution is 0.116. The highest BCUT2D eigenvalue weighted by atomic mass is 79.9. The van der Waals surface area contributed by atoms with Crippen LogP contribution >= 0.6 is 15.9 Å². The molecule has 0 bridgehead atoms. The number of rotatable bonds is 7. The third-order valence-electron chi connectivity index (χ3n) is 2.81. The van der Waals surface area contributed by atoms with Crippen LogP contribution in [-0.4, -0.2) is 23.1 Å². The number of hydrogen-bond acceptors (Lipinski definition) is 4. The van der Waals surface area contributed by atoms with E-state index in [1.54, 1.807) is 0 Å². The van der Waals surface area contributed by atoms with Gasteiger partial charge >= 0.3 is 0 Å². The predicted molar refractivity (Wildman–Crippen MR) is 75.8 cm³/mol. The van der Waals surface area contributed by atoms with Gasteiger partial charge in [-0.1, -0.05) is 6.92 Å². The fraction of sp³-hybridized carbons (Fsp3) is 0.692. The number of hydrogen-bond donors (Lipinski definition) is 1. The van der Waals surface area contributed by atoms with E-state index in [-0.39, 0.29) is 0 Å². The van der Waals surface area contributed by atoms with Gasteiger partial charge in [-0.15, -0.1) is 0 Å². The van der Waals surface area contributed by atoms with Crippen LogP contribution in [0.25, 0.3) is 0 Å². The normalized spacial score (nSPS) is 14.8. The molecule has 0 atom stereocenters. The Kier molecular flexibility index (Phi) is 4.95. The van der Waals surface area contributed by atoms with Gasteiger partial charge in [-0.2, -0.15) is 0 Å². The molecule has 4 nitrogen and oxygen atoms in total. The number of ether oxygens (including phenoxy) is 1. The number of aromatic nitrogens is 2. The van der Waals surface area contributed by atoms with Crippen molar-refractivity contribution in [2.45, 2.75) is 45.6 Å². The molecule has 0 radical (unpaired) electrons. The molecule has 0 unspecified atom stereocenters. The maximum atomic E-state index is 5.53. The van der Waals surface area contributed by atoms with Crippen LogP contribution in [-0.2, 0) is 11.3 Å². The van der Waals surface area contributed by atoms with Gasteiger partial charge in [0.15, 0.2) is 5.82 Å². The molecule has 1 aromatic heterocycles. The second-order valence-corrected chi connectivity index (χ2v) is 5.34. The summed E-state index contributed by atoms with van der Waals surface area (Å²) in [5.74, 6) is 2.28. The molecule has 1 aliphatic carbocycles. The largest absolute Gasteiger partial charge is 0.373 e. The van der Waals surface area contributed by atoms with E-state index in [1.807, 2.05) is 0 Å². The smallest absolute Gasteiger partial charge is 0.156 e. The molecule has 2 rings (SSSR count). The molecule has 0 spiro atoms. The summed E-state index contributed by atoms with van der Waals surface area (Å²) < 4.78 is 6.55. The molecule has 100 valence electrons. The lowest BCUT2D eigenvalue weighted by Gasteiger charge is -2.12. The van der Waals surface area contributed by atoms with Gasteiger partial charge in [0.2, 0.25) is 0 Å². The summed E-state index contributed by atoms with van der Waals surface area (Å²) in [6.07, 6.45) is 3.49.